The minimum Gasteiger partial charge on any atom is -0.484 e. The largest absolute Gasteiger partial charge is 0.484 e. The van der Waals surface area contributed by atoms with E-state index < -0.39 is 0 Å². The van der Waals surface area contributed by atoms with Crippen LogP contribution < -0.4 is 10.1 Å². The lowest BCUT2D eigenvalue weighted by molar-refractivity contribution is -0.124. The van der Waals surface area contributed by atoms with E-state index >= 15 is 0 Å². The number of hydrogen-bond acceptors (Lipinski definition) is 4. The molecule has 1 aliphatic carbocycles. The van der Waals surface area contributed by atoms with Crippen molar-refractivity contribution < 1.29 is 9.53 Å². The monoisotopic (exact) mass is 381 g/mol. The van der Waals surface area contributed by atoms with E-state index in [1.54, 1.807) is 0 Å². The molecule has 150 valence electrons. The average molecular weight is 382 g/mol. The first-order chi connectivity index (χ1) is 13.3. The molecule has 1 aliphatic rings. The Morgan fingerprint density at radius 1 is 1.21 bits per heavy atom. The number of carbonyl (C=O) groups excluding carboxylic acids is 1. The van der Waals surface area contributed by atoms with Crippen molar-refractivity contribution in [2.24, 2.45) is 5.92 Å². The summed E-state index contributed by atoms with van der Waals surface area (Å²) < 4.78 is 5.60. The van der Waals surface area contributed by atoms with Crippen molar-refractivity contribution in [2.75, 3.05) is 13.7 Å². The third-order valence-corrected chi connectivity index (χ3v) is 4.77. The average Bonchev–Trinajstić information content (AvgIpc) is 3.46. The fourth-order valence-electron chi connectivity index (χ4n) is 3.47. The maximum absolute atomic E-state index is 11.9. The first-order valence-corrected chi connectivity index (χ1v) is 9.96. The summed E-state index contributed by atoms with van der Waals surface area (Å²) >= 11 is 0. The van der Waals surface area contributed by atoms with E-state index in [0.717, 1.165) is 12.2 Å². The molecule has 5 heteroatoms. The van der Waals surface area contributed by atoms with Gasteiger partial charge in [0, 0.05) is 18.3 Å². The number of hydrogen-bond donors (Lipinski definition) is 1. The van der Waals surface area contributed by atoms with Crippen LogP contribution in [0.15, 0.2) is 48.7 Å². The molecule has 1 N–H and O–H groups in total. The molecule has 1 fully saturated rings. The molecule has 3 rings (SSSR count). The van der Waals surface area contributed by atoms with Gasteiger partial charge in [-0.05, 0) is 76.4 Å². The summed E-state index contributed by atoms with van der Waals surface area (Å²) in [6, 6.07) is 14.5. The number of rotatable bonds is 8. The lowest BCUT2D eigenvalue weighted by Crippen LogP contribution is -2.43. The van der Waals surface area contributed by atoms with Crippen LogP contribution in [-0.4, -0.2) is 35.0 Å². The standard InChI is InChI=1S/C23H31N3O2/c1-23(2,3)25-21(27)16-28-19-12-8-17(9-13-19)15-26(4)22(18-10-11-18)20-7-5-6-14-24-20/h5-9,12-14,18,22H,10-11,15-16H2,1-4H3,(H,25,27). The minimum atomic E-state index is -0.249. The van der Waals surface area contributed by atoms with Crippen LogP contribution in [0.25, 0.3) is 0 Å². The van der Waals surface area contributed by atoms with Crippen LogP contribution in [0, 0.1) is 5.92 Å². The van der Waals surface area contributed by atoms with Gasteiger partial charge in [0.1, 0.15) is 5.75 Å². The number of nitrogens with one attached hydrogen (secondary N) is 1. The zero-order chi connectivity index (χ0) is 20.1. The molecular weight excluding hydrogens is 350 g/mol. The van der Waals surface area contributed by atoms with E-state index in [1.165, 1.54) is 18.4 Å². The Bertz CT molecular complexity index is 765. The van der Waals surface area contributed by atoms with Gasteiger partial charge in [0.25, 0.3) is 5.91 Å². The summed E-state index contributed by atoms with van der Waals surface area (Å²) in [5.41, 5.74) is 2.12. The second-order valence-electron chi connectivity index (χ2n) is 8.68. The summed E-state index contributed by atoms with van der Waals surface area (Å²) in [7, 11) is 2.17. The Labute approximate surface area is 168 Å². The first-order valence-electron chi connectivity index (χ1n) is 9.96. The van der Waals surface area contributed by atoms with Gasteiger partial charge in [-0.1, -0.05) is 18.2 Å². The van der Waals surface area contributed by atoms with Gasteiger partial charge in [0.05, 0.1) is 11.7 Å². The van der Waals surface area contributed by atoms with Crippen LogP contribution in [0.1, 0.15) is 50.9 Å². The summed E-state index contributed by atoms with van der Waals surface area (Å²) in [6.45, 7) is 6.74. The maximum atomic E-state index is 11.9. The Morgan fingerprint density at radius 3 is 2.50 bits per heavy atom. The molecular formula is C23H31N3O2. The summed E-state index contributed by atoms with van der Waals surface area (Å²) in [6.07, 6.45) is 4.42. The molecule has 1 atom stereocenters. The maximum Gasteiger partial charge on any atom is 0.258 e. The first kappa shape index (κ1) is 20.3. The Kier molecular flexibility index (Phi) is 6.35. The molecule has 5 nitrogen and oxygen atoms in total. The smallest absolute Gasteiger partial charge is 0.258 e. The van der Waals surface area contributed by atoms with Crippen molar-refractivity contribution in [1.29, 1.82) is 0 Å². The molecule has 0 bridgehead atoms. The zero-order valence-electron chi connectivity index (χ0n) is 17.3. The van der Waals surface area contributed by atoms with Crippen molar-refractivity contribution >= 4 is 5.91 Å². The topological polar surface area (TPSA) is 54.5 Å². The van der Waals surface area contributed by atoms with Crippen LogP contribution in [-0.2, 0) is 11.3 Å². The van der Waals surface area contributed by atoms with Gasteiger partial charge in [-0.2, -0.15) is 0 Å². The molecule has 1 aromatic carbocycles. The Hall–Kier alpha value is -2.40. The zero-order valence-corrected chi connectivity index (χ0v) is 17.3. The van der Waals surface area contributed by atoms with Gasteiger partial charge < -0.3 is 10.1 Å². The Balaban J connectivity index is 1.55. The molecule has 0 aliphatic heterocycles. The molecule has 2 aromatic rings. The lowest BCUT2D eigenvalue weighted by atomic mass is 10.1. The number of ether oxygens (including phenoxy) is 1. The van der Waals surface area contributed by atoms with Gasteiger partial charge in [-0.25, -0.2) is 0 Å². The molecule has 0 spiro atoms. The van der Waals surface area contributed by atoms with Crippen molar-refractivity contribution in [3.05, 3.63) is 59.9 Å². The van der Waals surface area contributed by atoms with E-state index in [0.29, 0.717) is 17.7 Å². The predicted octanol–water partition coefficient (Wildman–Crippen LogP) is 3.96. The second kappa shape index (κ2) is 8.74. The molecule has 1 heterocycles. The number of carbonyl (C=O) groups is 1. The van der Waals surface area contributed by atoms with Crippen LogP contribution >= 0.6 is 0 Å². The van der Waals surface area contributed by atoms with E-state index in [4.69, 9.17) is 4.74 Å². The number of benzene rings is 1. The van der Waals surface area contributed by atoms with E-state index in [1.807, 2.05) is 45.2 Å². The van der Waals surface area contributed by atoms with E-state index in [2.05, 4.69) is 46.5 Å². The van der Waals surface area contributed by atoms with Gasteiger partial charge in [0.2, 0.25) is 0 Å². The third kappa shape index (κ3) is 6.06. The highest BCUT2D eigenvalue weighted by Crippen LogP contribution is 2.43. The van der Waals surface area contributed by atoms with Crippen molar-refractivity contribution in [3.63, 3.8) is 0 Å². The number of amides is 1. The number of aromatic nitrogens is 1. The van der Waals surface area contributed by atoms with Gasteiger partial charge in [-0.3, -0.25) is 14.7 Å². The predicted molar refractivity (Wildman–Crippen MR) is 111 cm³/mol. The third-order valence-electron chi connectivity index (χ3n) is 4.77. The van der Waals surface area contributed by atoms with Crippen molar-refractivity contribution in [3.8, 4) is 5.75 Å². The normalized spacial score (nSPS) is 15.3. The summed E-state index contributed by atoms with van der Waals surface area (Å²) in [5, 5.41) is 2.89. The summed E-state index contributed by atoms with van der Waals surface area (Å²) in [4.78, 5) is 18.8. The van der Waals surface area contributed by atoms with Crippen LogP contribution in [0.2, 0.25) is 0 Å². The highest BCUT2D eigenvalue weighted by Gasteiger charge is 2.35. The molecule has 1 amide bonds. The molecule has 1 aromatic heterocycles. The molecule has 28 heavy (non-hydrogen) atoms. The lowest BCUT2D eigenvalue weighted by Gasteiger charge is -2.28. The van der Waals surface area contributed by atoms with Crippen molar-refractivity contribution in [2.45, 2.75) is 51.7 Å². The fraction of sp³-hybridized carbons (Fsp3) is 0.478. The number of pyridine rings is 1. The second-order valence-corrected chi connectivity index (χ2v) is 8.68. The fourth-order valence-corrected chi connectivity index (χ4v) is 3.47. The van der Waals surface area contributed by atoms with Gasteiger partial charge >= 0.3 is 0 Å². The van der Waals surface area contributed by atoms with Crippen molar-refractivity contribution in [1.82, 2.24) is 15.2 Å². The molecule has 1 saturated carbocycles. The molecule has 1 unspecified atom stereocenters. The molecule has 0 saturated heterocycles. The van der Waals surface area contributed by atoms with Crippen LogP contribution in [0.3, 0.4) is 0 Å². The van der Waals surface area contributed by atoms with E-state index in [-0.39, 0.29) is 18.1 Å². The summed E-state index contributed by atoms with van der Waals surface area (Å²) in [5.74, 6) is 1.29. The quantitative estimate of drug-likeness (QED) is 0.752. The highest BCUT2D eigenvalue weighted by molar-refractivity contribution is 5.78. The van der Waals surface area contributed by atoms with Crippen LogP contribution in [0.4, 0.5) is 0 Å². The minimum absolute atomic E-state index is 0.0277. The van der Waals surface area contributed by atoms with Crippen LogP contribution in [0.5, 0.6) is 5.75 Å². The SMILES string of the molecule is CN(Cc1ccc(OCC(=O)NC(C)(C)C)cc1)C(c1ccccn1)C1CC1. The number of nitrogens with zero attached hydrogens (tertiary/aromatic N) is 2. The molecule has 0 radical (unpaired) electrons. The Morgan fingerprint density at radius 2 is 1.93 bits per heavy atom. The van der Waals surface area contributed by atoms with Gasteiger partial charge in [0.15, 0.2) is 6.61 Å². The van der Waals surface area contributed by atoms with Gasteiger partial charge in [-0.15, -0.1) is 0 Å². The highest BCUT2D eigenvalue weighted by atomic mass is 16.5. The van der Waals surface area contributed by atoms with E-state index in [9.17, 15) is 4.79 Å².